The molecule has 17 heavy (non-hydrogen) atoms. The summed E-state index contributed by atoms with van der Waals surface area (Å²) in [6.07, 6.45) is 0. The maximum atomic E-state index is 13.4. The van der Waals surface area contributed by atoms with Crippen molar-refractivity contribution < 1.29 is 23.5 Å². The van der Waals surface area contributed by atoms with E-state index in [9.17, 15) is 18.4 Å². The van der Waals surface area contributed by atoms with Gasteiger partial charge < -0.3 is 10.8 Å². The average Bonchev–Trinajstić information content (AvgIpc) is 2.23. The minimum absolute atomic E-state index is 0.473. The van der Waals surface area contributed by atoms with E-state index >= 15 is 0 Å². The van der Waals surface area contributed by atoms with Crippen molar-refractivity contribution in [3.63, 3.8) is 0 Å². The van der Waals surface area contributed by atoms with E-state index in [1.54, 1.807) is 0 Å². The number of carbonyl (C=O) groups excluding carboxylic acids is 1. The number of urea groups is 1. The van der Waals surface area contributed by atoms with Crippen molar-refractivity contribution in [3.8, 4) is 0 Å². The number of halogens is 2. The first kappa shape index (κ1) is 12.9. The Hall–Kier alpha value is -2.18. The second kappa shape index (κ2) is 4.77. The van der Waals surface area contributed by atoms with E-state index in [1.165, 1.54) is 0 Å². The number of benzene rings is 1. The normalized spacial score (nSPS) is 11.9. The van der Waals surface area contributed by atoms with Gasteiger partial charge in [-0.1, -0.05) is 6.07 Å². The number of rotatable bonds is 3. The lowest BCUT2D eigenvalue weighted by Crippen LogP contribution is -2.46. The molecule has 0 heterocycles. The molecule has 92 valence electrons. The molecule has 7 heteroatoms. The Labute approximate surface area is 95.4 Å². The van der Waals surface area contributed by atoms with Crippen molar-refractivity contribution in [2.45, 2.75) is 13.0 Å². The monoisotopic (exact) mass is 244 g/mol. The molecule has 0 saturated carbocycles. The Bertz CT molecular complexity index is 465. The van der Waals surface area contributed by atoms with Crippen molar-refractivity contribution in [2.24, 2.45) is 5.73 Å². The lowest BCUT2D eigenvalue weighted by molar-refractivity contribution is -0.138. The van der Waals surface area contributed by atoms with Crippen molar-refractivity contribution in [1.82, 2.24) is 0 Å². The number of hydrogen-bond donors (Lipinski definition) is 2. The number of anilines is 1. The summed E-state index contributed by atoms with van der Waals surface area (Å²) in [6.45, 7) is 1.14. The topological polar surface area (TPSA) is 83.6 Å². The molecule has 1 aromatic carbocycles. The predicted molar refractivity (Wildman–Crippen MR) is 55.5 cm³/mol. The van der Waals surface area contributed by atoms with Gasteiger partial charge in [0.1, 0.15) is 6.04 Å². The summed E-state index contributed by atoms with van der Waals surface area (Å²) >= 11 is 0. The fourth-order valence-corrected chi connectivity index (χ4v) is 1.31. The average molecular weight is 244 g/mol. The summed E-state index contributed by atoms with van der Waals surface area (Å²) in [7, 11) is 0. The predicted octanol–water partition coefficient (Wildman–Crippen LogP) is 1.32. The summed E-state index contributed by atoms with van der Waals surface area (Å²) in [6, 6.07) is 0.498. The number of aliphatic carboxylic acids is 1. The Morgan fingerprint density at radius 2 is 2.00 bits per heavy atom. The van der Waals surface area contributed by atoms with E-state index < -0.39 is 35.4 Å². The van der Waals surface area contributed by atoms with Crippen LogP contribution in [0.2, 0.25) is 0 Å². The van der Waals surface area contributed by atoms with Gasteiger partial charge in [-0.3, -0.25) is 4.90 Å². The SMILES string of the molecule is C[C@H](C(=O)O)N(C(N)=O)c1cccc(F)c1F. The molecule has 5 nitrogen and oxygen atoms in total. The van der Waals surface area contributed by atoms with Crippen molar-refractivity contribution >= 4 is 17.7 Å². The van der Waals surface area contributed by atoms with Crippen LogP contribution >= 0.6 is 0 Å². The number of hydrogen-bond acceptors (Lipinski definition) is 2. The molecular weight excluding hydrogens is 234 g/mol. The summed E-state index contributed by atoms with van der Waals surface area (Å²) < 4.78 is 26.4. The van der Waals surface area contributed by atoms with Gasteiger partial charge in [-0.05, 0) is 19.1 Å². The zero-order chi connectivity index (χ0) is 13.2. The highest BCUT2D eigenvalue weighted by Crippen LogP contribution is 2.23. The minimum atomic E-state index is -1.40. The second-order valence-electron chi connectivity index (χ2n) is 3.30. The highest BCUT2D eigenvalue weighted by Gasteiger charge is 2.28. The quantitative estimate of drug-likeness (QED) is 0.841. The van der Waals surface area contributed by atoms with Crippen LogP contribution in [0.3, 0.4) is 0 Å². The number of primary amides is 1. The third-order valence-corrected chi connectivity index (χ3v) is 2.17. The standard InChI is InChI=1S/C10H10F2N2O3/c1-5(9(15)16)14(10(13)17)7-4-2-3-6(11)8(7)12/h2-5H,1H3,(H2,13,17)(H,15,16)/t5-/m1/s1. The molecule has 3 N–H and O–H groups in total. The first-order valence-corrected chi connectivity index (χ1v) is 4.61. The van der Waals surface area contributed by atoms with E-state index in [0.717, 1.165) is 25.1 Å². The van der Waals surface area contributed by atoms with Crippen LogP contribution in [0, 0.1) is 11.6 Å². The van der Waals surface area contributed by atoms with Gasteiger partial charge in [-0.15, -0.1) is 0 Å². The Morgan fingerprint density at radius 1 is 1.41 bits per heavy atom. The Balaban J connectivity index is 3.28. The summed E-state index contributed by atoms with van der Waals surface area (Å²) in [4.78, 5) is 22.3. The fraction of sp³-hybridized carbons (Fsp3) is 0.200. The van der Waals surface area contributed by atoms with Crippen molar-refractivity contribution in [1.29, 1.82) is 0 Å². The molecule has 0 unspecified atom stereocenters. The van der Waals surface area contributed by atoms with Gasteiger partial charge in [0.05, 0.1) is 5.69 Å². The summed E-state index contributed by atoms with van der Waals surface area (Å²) in [5, 5.41) is 8.76. The van der Waals surface area contributed by atoms with Crippen LogP contribution in [0.5, 0.6) is 0 Å². The van der Waals surface area contributed by atoms with Crippen LogP contribution < -0.4 is 10.6 Å². The molecule has 2 amide bonds. The van der Waals surface area contributed by atoms with Gasteiger partial charge in [0.2, 0.25) is 0 Å². The molecule has 0 aliphatic rings. The van der Waals surface area contributed by atoms with Gasteiger partial charge in [0.25, 0.3) is 0 Å². The van der Waals surface area contributed by atoms with Gasteiger partial charge in [0, 0.05) is 0 Å². The second-order valence-corrected chi connectivity index (χ2v) is 3.30. The maximum Gasteiger partial charge on any atom is 0.326 e. The molecule has 0 aromatic heterocycles. The van der Waals surface area contributed by atoms with E-state index in [0.29, 0.717) is 4.90 Å². The zero-order valence-electron chi connectivity index (χ0n) is 8.85. The number of carboxylic acids is 1. The number of carboxylic acid groups (broad SMARTS) is 1. The van der Waals surface area contributed by atoms with Crippen LogP contribution in [-0.2, 0) is 4.79 Å². The maximum absolute atomic E-state index is 13.4. The van der Waals surface area contributed by atoms with Crippen LogP contribution in [0.4, 0.5) is 19.3 Å². The van der Waals surface area contributed by atoms with Crippen molar-refractivity contribution in [2.75, 3.05) is 4.90 Å². The van der Waals surface area contributed by atoms with Crippen LogP contribution in [0.25, 0.3) is 0 Å². The molecule has 0 bridgehead atoms. The molecule has 0 spiro atoms. The van der Waals surface area contributed by atoms with Gasteiger partial charge in [0.15, 0.2) is 11.6 Å². The number of nitrogens with zero attached hydrogens (tertiary/aromatic N) is 1. The van der Waals surface area contributed by atoms with Gasteiger partial charge >= 0.3 is 12.0 Å². The van der Waals surface area contributed by atoms with Gasteiger partial charge in [-0.25, -0.2) is 18.4 Å². The zero-order valence-corrected chi connectivity index (χ0v) is 8.85. The molecule has 1 rings (SSSR count). The molecule has 0 aliphatic heterocycles. The molecule has 0 fully saturated rings. The molecule has 0 radical (unpaired) electrons. The third kappa shape index (κ3) is 2.49. The first-order chi connectivity index (χ1) is 7.86. The Morgan fingerprint density at radius 3 is 2.47 bits per heavy atom. The highest BCUT2D eigenvalue weighted by molar-refractivity contribution is 5.97. The fourth-order valence-electron chi connectivity index (χ4n) is 1.31. The molecular formula is C10H10F2N2O3. The summed E-state index contributed by atoms with van der Waals surface area (Å²) in [5.41, 5.74) is 4.45. The van der Waals surface area contributed by atoms with Crippen LogP contribution in [-0.4, -0.2) is 23.1 Å². The number of carbonyl (C=O) groups is 2. The molecule has 0 saturated heterocycles. The molecule has 0 aliphatic carbocycles. The van der Waals surface area contributed by atoms with Gasteiger partial charge in [-0.2, -0.15) is 0 Å². The largest absolute Gasteiger partial charge is 0.480 e. The van der Waals surface area contributed by atoms with Crippen LogP contribution in [0.15, 0.2) is 18.2 Å². The molecule has 1 atom stereocenters. The van der Waals surface area contributed by atoms with Crippen LogP contribution in [0.1, 0.15) is 6.92 Å². The van der Waals surface area contributed by atoms with E-state index in [2.05, 4.69) is 0 Å². The van der Waals surface area contributed by atoms with E-state index in [-0.39, 0.29) is 0 Å². The third-order valence-electron chi connectivity index (χ3n) is 2.17. The minimum Gasteiger partial charge on any atom is -0.480 e. The molecule has 1 aromatic rings. The Kier molecular flexibility index (Phi) is 3.62. The number of nitrogens with two attached hydrogens (primary N) is 1. The number of amides is 2. The highest BCUT2D eigenvalue weighted by atomic mass is 19.2. The smallest absolute Gasteiger partial charge is 0.326 e. The van der Waals surface area contributed by atoms with E-state index in [4.69, 9.17) is 10.8 Å². The first-order valence-electron chi connectivity index (χ1n) is 4.61. The van der Waals surface area contributed by atoms with E-state index in [1.807, 2.05) is 0 Å². The lowest BCUT2D eigenvalue weighted by Gasteiger charge is -2.24. The lowest BCUT2D eigenvalue weighted by atomic mass is 10.2. The summed E-state index contributed by atoms with van der Waals surface area (Å²) in [5.74, 6) is -3.89. The van der Waals surface area contributed by atoms with Crippen molar-refractivity contribution in [3.05, 3.63) is 29.8 Å².